The van der Waals surface area contributed by atoms with E-state index in [1.165, 1.54) is 12.8 Å². The van der Waals surface area contributed by atoms with Crippen molar-refractivity contribution in [2.75, 3.05) is 36.5 Å². The maximum Gasteiger partial charge on any atom is 0.128 e. The molecule has 116 valence electrons. The first kappa shape index (κ1) is 14.6. The Bertz CT molecular complexity index is 465. The van der Waals surface area contributed by atoms with Crippen LogP contribution < -0.4 is 10.2 Å². The van der Waals surface area contributed by atoms with Crippen LogP contribution in [0, 0.1) is 11.3 Å². The zero-order valence-electron chi connectivity index (χ0n) is 13.4. The second-order valence-corrected chi connectivity index (χ2v) is 7.31. The fraction of sp³-hybridized carbons (Fsp3) is 0.706. The highest BCUT2D eigenvalue weighted by Crippen LogP contribution is 2.42. The van der Waals surface area contributed by atoms with Crippen LogP contribution in [0.5, 0.6) is 0 Å². The molecule has 2 atom stereocenters. The van der Waals surface area contributed by atoms with Crippen LogP contribution in [-0.4, -0.2) is 37.3 Å². The first-order valence-electron chi connectivity index (χ1n) is 8.09. The molecule has 1 aliphatic carbocycles. The fourth-order valence-corrected chi connectivity index (χ4v) is 3.75. The van der Waals surface area contributed by atoms with E-state index in [-0.39, 0.29) is 0 Å². The maximum absolute atomic E-state index is 5.38. The van der Waals surface area contributed by atoms with Crippen LogP contribution >= 0.6 is 0 Å². The van der Waals surface area contributed by atoms with Gasteiger partial charge >= 0.3 is 0 Å². The van der Waals surface area contributed by atoms with Gasteiger partial charge in [0, 0.05) is 19.1 Å². The molecule has 1 N–H and O–H groups in total. The third-order valence-electron chi connectivity index (χ3n) is 4.77. The Hall–Kier alpha value is -1.29. The summed E-state index contributed by atoms with van der Waals surface area (Å²) in [4.78, 5) is 6.90. The Morgan fingerprint density at radius 1 is 1.24 bits per heavy atom. The van der Waals surface area contributed by atoms with Gasteiger partial charge < -0.3 is 15.0 Å². The quantitative estimate of drug-likeness (QED) is 0.927. The van der Waals surface area contributed by atoms with Gasteiger partial charge in [-0.1, -0.05) is 20.8 Å². The van der Waals surface area contributed by atoms with Crippen LogP contribution in [0.4, 0.5) is 11.5 Å². The zero-order valence-corrected chi connectivity index (χ0v) is 13.4. The molecule has 1 aliphatic heterocycles. The SMILES string of the molecule is CC1CC(C)(C)CC1Nc1ccc(N2CCOCC2)nc1. The number of aromatic nitrogens is 1. The van der Waals surface area contributed by atoms with Gasteiger partial charge in [-0.15, -0.1) is 0 Å². The summed E-state index contributed by atoms with van der Waals surface area (Å²) in [5.41, 5.74) is 1.60. The standard InChI is InChI=1S/C17H27N3O/c1-13-10-17(2,3)11-15(13)19-14-4-5-16(18-12-14)20-6-8-21-9-7-20/h4-5,12-13,15,19H,6-11H2,1-3H3. The van der Waals surface area contributed by atoms with E-state index in [4.69, 9.17) is 4.74 Å². The van der Waals surface area contributed by atoms with Crippen molar-refractivity contribution in [3.8, 4) is 0 Å². The Balaban J connectivity index is 1.62. The van der Waals surface area contributed by atoms with Gasteiger partial charge in [0.1, 0.15) is 5.82 Å². The van der Waals surface area contributed by atoms with E-state index in [1.54, 1.807) is 0 Å². The summed E-state index contributed by atoms with van der Waals surface area (Å²) in [6.07, 6.45) is 4.51. The average molecular weight is 289 g/mol. The van der Waals surface area contributed by atoms with Crippen molar-refractivity contribution in [2.24, 2.45) is 11.3 Å². The molecule has 4 heteroatoms. The summed E-state index contributed by atoms with van der Waals surface area (Å²) in [6, 6.07) is 4.85. The highest BCUT2D eigenvalue weighted by atomic mass is 16.5. The van der Waals surface area contributed by atoms with Crippen molar-refractivity contribution in [3.63, 3.8) is 0 Å². The molecule has 0 amide bonds. The third-order valence-corrected chi connectivity index (χ3v) is 4.77. The zero-order chi connectivity index (χ0) is 14.9. The number of pyridine rings is 1. The molecular weight excluding hydrogens is 262 g/mol. The molecule has 0 aromatic carbocycles. The van der Waals surface area contributed by atoms with Crippen molar-refractivity contribution in [1.82, 2.24) is 4.98 Å². The molecule has 0 bridgehead atoms. The van der Waals surface area contributed by atoms with Gasteiger partial charge in [0.25, 0.3) is 0 Å². The summed E-state index contributed by atoms with van der Waals surface area (Å²) in [5, 5.41) is 3.67. The lowest BCUT2D eigenvalue weighted by Gasteiger charge is -2.28. The van der Waals surface area contributed by atoms with Crippen molar-refractivity contribution >= 4 is 11.5 Å². The molecule has 4 nitrogen and oxygen atoms in total. The lowest BCUT2D eigenvalue weighted by Crippen LogP contribution is -2.36. The Kier molecular flexibility index (Phi) is 4.07. The van der Waals surface area contributed by atoms with E-state index < -0.39 is 0 Å². The minimum absolute atomic E-state index is 0.457. The van der Waals surface area contributed by atoms with Gasteiger partial charge in [-0.3, -0.25) is 0 Å². The largest absolute Gasteiger partial charge is 0.381 e. The Morgan fingerprint density at radius 2 is 2.00 bits per heavy atom. The van der Waals surface area contributed by atoms with E-state index in [0.717, 1.165) is 43.7 Å². The minimum atomic E-state index is 0.457. The van der Waals surface area contributed by atoms with Crippen LogP contribution in [-0.2, 0) is 4.74 Å². The van der Waals surface area contributed by atoms with Crippen molar-refractivity contribution in [3.05, 3.63) is 18.3 Å². The van der Waals surface area contributed by atoms with E-state index in [0.29, 0.717) is 11.5 Å². The van der Waals surface area contributed by atoms with Crippen molar-refractivity contribution in [1.29, 1.82) is 0 Å². The smallest absolute Gasteiger partial charge is 0.128 e. The van der Waals surface area contributed by atoms with Gasteiger partial charge in [0.2, 0.25) is 0 Å². The normalized spacial score (nSPS) is 28.6. The number of rotatable bonds is 3. The van der Waals surface area contributed by atoms with E-state index in [2.05, 4.69) is 48.1 Å². The predicted molar refractivity (Wildman–Crippen MR) is 86.9 cm³/mol. The second-order valence-electron chi connectivity index (χ2n) is 7.31. The van der Waals surface area contributed by atoms with E-state index in [9.17, 15) is 0 Å². The molecule has 21 heavy (non-hydrogen) atoms. The number of anilines is 2. The van der Waals surface area contributed by atoms with Crippen LogP contribution in [0.1, 0.15) is 33.6 Å². The molecule has 1 aromatic rings. The molecule has 2 unspecified atom stereocenters. The van der Waals surface area contributed by atoms with Gasteiger partial charge in [-0.2, -0.15) is 0 Å². The molecule has 3 rings (SSSR count). The van der Waals surface area contributed by atoms with Crippen molar-refractivity contribution < 1.29 is 4.74 Å². The lowest BCUT2D eigenvalue weighted by molar-refractivity contribution is 0.122. The van der Waals surface area contributed by atoms with Gasteiger partial charge in [-0.25, -0.2) is 4.98 Å². The van der Waals surface area contributed by atoms with Crippen LogP contribution in [0.15, 0.2) is 18.3 Å². The molecule has 1 saturated heterocycles. The molecule has 2 aliphatic rings. The summed E-state index contributed by atoms with van der Waals surface area (Å²) >= 11 is 0. The van der Waals surface area contributed by atoms with Gasteiger partial charge in [-0.05, 0) is 36.3 Å². The Morgan fingerprint density at radius 3 is 2.57 bits per heavy atom. The lowest BCUT2D eigenvalue weighted by atomic mass is 9.91. The molecule has 2 heterocycles. The average Bonchev–Trinajstić information content (AvgIpc) is 2.73. The van der Waals surface area contributed by atoms with E-state index >= 15 is 0 Å². The molecule has 1 aromatic heterocycles. The molecule has 0 radical (unpaired) electrons. The topological polar surface area (TPSA) is 37.4 Å². The molecular formula is C17H27N3O. The van der Waals surface area contributed by atoms with Crippen LogP contribution in [0.25, 0.3) is 0 Å². The number of hydrogen-bond acceptors (Lipinski definition) is 4. The highest BCUT2D eigenvalue weighted by molar-refractivity contribution is 5.49. The van der Waals surface area contributed by atoms with Crippen molar-refractivity contribution in [2.45, 2.75) is 39.7 Å². The van der Waals surface area contributed by atoms with Crippen LogP contribution in [0.2, 0.25) is 0 Å². The number of nitrogens with one attached hydrogen (secondary N) is 1. The molecule has 2 fully saturated rings. The summed E-state index contributed by atoms with van der Waals surface area (Å²) < 4.78 is 5.38. The maximum atomic E-state index is 5.38. The number of morpholine rings is 1. The molecule has 0 spiro atoms. The fourth-order valence-electron chi connectivity index (χ4n) is 3.75. The van der Waals surface area contributed by atoms with Gasteiger partial charge in [0.05, 0.1) is 25.1 Å². The summed E-state index contributed by atoms with van der Waals surface area (Å²) in [5.74, 6) is 1.78. The third kappa shape index (κ3) is 3.49. The highest BCUT2D eigenvalue weighted by Gasteiger charge is 2.36. The predicted octanol–water partition coefficient (Wildman–Crippen LogP) is 3.15. The number of ether oxygens (including phenoxy) is 1. The first-order valence-corrected chi connectivity index (χ1v) is 8.09. The number of hydrogen-bond donors (Lipinski definition) is 1. The molecule has 1 saturated carbocycles. The monoisotopic (exact) mass is 289 g/mol. The van der Waals surface area contributed by atoms with Crippen LogP contribution in [0.3, 0.4) is 0 Å². The van der Waals surface area contributed by atoms with Gasteiger partial charge in [0.15, 0.2) is 0 Å². The Labute approximate surface area is 127 Å². The summed E-state index contributed by atoms with van der Waals surface area (Å²) in [7, 11) is 0. The van der Waals surface area contributed by atoms with E-state index in [1.807, 2.05) is 6.20 Å². The number of nitrogens with zero attached hydrogens (tertiary/aromatic N) is 2. The first-order chi connectivity index (χ1) is 10.0. The second kappa shape index (κ2) is 5.84. The minimum Gasteiger partial charge on any atom is -0.381 e. The summed E-state index contributed by atoms with van der Waals surface area (Å²) in [6.45, 7) is 10.6.